The fourth-order valence-electron chi connectivity index (χ4n) is 1.61. The Kier molecular flexibility index (Phi) is 4.41. The van der Waals surface area contributed by atoms with Gasteiger partial charge < -0.3 is 5.32 Å². The number of nitro benzene ring substituents is 1. The second-order valence-corrected chi connectivity index (χ2v) is 4.73. The predicted octanol–water partition coefficient (Wildman–Crippen LogP) is 2.68. The summed E-state index contributed by atoms with van der Waals surface area (Å²) in [5.74, 6) is -0.377. The van der Waals surface area contributed by atoms with Crippen LogP contribution in [0.15, 0.2) is 47.2 Å². The Hall–Kier alpha value is -2.28. The molecule has 0 fully saturated rings. The number of carbonyl (C=O) groups is 1. The first-order chi connectivity index (χ1) is 9.59. The van der Waals surface area contributed by atoms with Gasteiger partial charge in [-0.25, -0.2) is 0 Å². The van der Waals surface area contributed by atoms with Crippen molar-refractivity contribution in [2.75, 3.05) is 0 Å². The number of nitrogens with one attached hydrogen (secondary N) is 1. The molecule has 20 heavy (non-hydrogen) atoms. The van der Waals surface area contributed by atoms with Gasteiger partial charge in [0.1, 0.15) is 4.47 Å². The van der Waals surface area contributed by atoms with Crippen LogP contribution >= 0.6 is 15.9 Å². The third-order valence-electron chi connectivity index (χ3n) is 2.62. The molecule has 1 aromatic heterocycles. The minimum Gasteiger partial charge on any atom is -0.348 e. The maximum absolute atomic E-state index is 12.0. The van der Waals surface area contributed by atoms with Gasteiger partial charge in [0.25, 0.3) is 11.6 Å². The maximum Gasteiger partial charge on any atom is 0.284 e. The van der Waals surface area contributed by atoms with E-state index in [1.54, 1.807) is 24.5 Å². The van der Waals surface area contributed by atoms with Crippen molar-refractivity contribution in [1.29, 1.82) is 0 Å². The van der Waals surface area contributed by atoms with Crippen LogP contribution in [0.2, 0.25) is 0 Å². The van der Waals surface area contributed by atoms with E-state index in [0.29, 0.717) is 6.54 Å². The van der Waals surface area contributed by atoms with E-state index < -0.39 is 4.92 Å². The van der Waals surface area contributed by atoms with E-state index in [9.17, 15) is 14.9 Å². The lowest BCUT2D eigenvalue weighted by Crippen LogP contribution is -2.23. The van der Waals surface area contributed by atoms with Gasteiger partial charge in [-0.15, -0.1) is 0 Å². The molecule has 0 spiro atoms. The highest BCUT2D eigenvalue weighted by Gasteiger charge is 2.19. The van der Waals surface area contributed by atoms with Gasteiger partial charge in [-0.1, -0.05) is 6.07 Å². The van der Waals surface area contributed by atoms with E-state index in [1.165, 1.54) is 18.2 Å². The molecule has 0 unspecified atom stereocenters. The molecule has 0 bridgehead atoms. The van der Waals surface area contributed by atoms with E-state index in [2.05, 4.69) is 26.2 Å². The van der Waals surface area contributed by atoms with Gasteiger partial charge >= 0.3 is 0 Å². The Bertz CT molecular complexity index is 647. The average Bonchev–Trinajstić information content (AvgIpc) is 2.46. The van der Waals surface area contributed by atoms with Crippen molar-refractivity contribution >= 4 is 27.5 Å². The Labute approximate surface area is 123 Å². The summed E-state index contributed by atoms with van der Waals surface area (Å²) in [6.07, 6.45) is 3.26. The summed E-state index contributed by atoms with van der Waals surface area (Å²) in [6, 6.07) is 7.90. The van der Waals surface area contributed by atoms with E-state index in [4.69, 9.17) is 0 Å². The van der Waals surface area contributed by atoms with Gasteiger partial charge in [-0.05, 0) is 39.7 Å². The topological polar surface area (TPSA) is 85.1 Å². The molecule has 0 aliphatic carbocycles. The molecule has 2 rings (SSSR count). The van der Waals surface area contributed by atoms with Crippen LogP contribution in [0, 0.1) is 10.1 Å². The van der Waals surface area contributed by atoms with Crippen molar-refractivity contribution in [3.8, 4) is 0 Å². The lowest BCUT2D eigenvalue weighted by atomic mass is 10.2. The summed E-state index contributed by atoms with van der Waals surface area (Å²) in [5, 5.41) is 13.5. The van der Waals surface area contributed by atoms with Crippen LogP contribution in [-0.2, 0) is 6.54 Å². The van der Waals surface area contributed by atoms with Crippen molar-refractivity contribution in [3.05, 3.63) is 68.4 Å². The fraction of sp³-hybridized carbons (Fsp3) is 0.0769. The normalized spacial score (nSPS) is 10.1. The third kappa shape index (κ3) is 3.18. The molecule has 2 aromatic rings. The summed E-state index contributed by atoms with van der Waals surface area (Å²) in [6.45, 7) is 0.330. The number of hydrogen-bond donors (Lipinski definition) is 1. The Morgan fingerprint density at radius 1 is 1.30 bits per heavy atom. The molecule has 0 aliphatic rings. The van der Waals surface area contributed by atoms with Gasteiger partial charge in [0, 0.05) is 25.0 Å². The minimum atomic E-state index is -0.538. The predicted molar refractivity (Wildman–Crippen MR) is 76.2 cm³/mol. The number of aromatic nitrogens is 1. The van der Waals surface area contributed by atoms with Crippen molar-refractivity contribution in [3.63, 3.8) is 0 Å². The largest absolute Gasteiger partial charge is 0.348 e. The first kappa shape index (κ1) is 14.1. The lowest BCUT2D eigenvalue weighted by molar-refractivity contribution is -0.385. The van der Waals surface area contributed by atoms with Crippen molar-refractivity contribution < 1.29 is 9.72 Å². The van der Waals surface area contributed by atoms with Gasteiger partial charge in [0.15, 0.2) is 0 Å². The van der Waals surface area contributed by atoms with Crippen LogP contribution in [0.3, 0.4) is 0 Å². The van der Waals surface area contributed by atoms with E-state index in [0.717, 1.165) is 5.56 Å². The average molecular weight is 336 g/mol. The summed E-state index contributed by atoms with van der Waals surface area (Å²) in [4.78, 5) is 26.2. The molecule has 6 nitrogen and oxygen atoms in total. The Morgan fingerprint density at radius 2 is 2.00 bits per heavy atom. The zero-order chi connectivity index (χ0) is 14.5. The number of amides is 1. The van der Waals surface area contributed by atoms with Gasteiger partial charge in [0.2, 0.25) is 0 Å². The monoisotopic (exact) mass is 335 g/mol. The molecule has 0 saturated heterocycles. The maximum atomic E-state index is 12.0. The molecule has 7 heteroatoms. The number of benzene rings is 1. The van der Waals surface area contributed by atoms with Crippen LogP contribution in [-0.4, -0.2) is 15.8 Å². The molecular formula is C13H10BrN3O3. The summed E-state index contributed by atoms with van der Waals surface area (Å²) < 4.78 is 0.178. The Morgan fingerprint density at radius 3 is 2.65 bits per heavy atom. The molecule has 0 saturated carbocycles. The third-order valence-corrected chi connectivity index (χ3v) is 3.46. The second kappa shape index (κ2) is 6.25. The molecule has 0 atom stereocenters. The lowest BCUT2D eigenvalue weighted by Gasteiger charge is -2.07. The van der Waals surface area contributed by atoms with Gasteiger partial charge in [-0.3, -0.25) is 19.9 Å². The highest BCUT2D eigenvalue weighted by Crippen LogP contribution is 2.28. The standard InChI is InChI=1S/C13H10BrN3O3/c14-12-10(2-1-3-11(12)17(19)20)13(18)16-8-9-4-6-15-7-5-9/h1-7H,8H2,(H,16,18). The quantitative estimate of drug-likeness (QED) is 0.687. The van der Waals surface area contributed by atoms with Crippen LogP contribution in [0.1, 0.15) is 15.9 Å². The smallest absolute Gasteiger partial charge is 0.284 e. The highest BCUT2D eigenvalue weighted by molar-refractivity contribution is 9.10. The SMILES string of the molecule is O=C(NCc1ccncc1)c1cccc([N+](=O)[O-])c1Br. The van der Waals surface area contributed by atoms with Crippen LogP contribution < -0.4 is 5.32 Å². The fourth-order valence-corrected chi connectivity index (χ4v) is 2.20. The van der Waals surface area contributed by atoms with Crippen LogP contribution in [0.25, 0.3) is 0 Å². The minimum absolute atomic E-state index is 0.137. The van der Waals surface area contributed by atoms with Crippen LogP contribution in [0.5, 0.6) is 0 Å². The molecule has 1 N–H and O–H groups in total. The zero-order valence-electron chi connectivity index (χ0n) is 10.2. The van der Waals surface area contributed by atoms with E-state index in [-0.39, 0.29) is 21.6 Å². The van der Waals surface area contributed by atoms with Gasteiger partial charge in [0.05, 0.1) is 10.5 Å². The first-order valence-electron chi connectivity index (χ1n) is 5.69. The highest BCUT2D eigenvalue weighted by atomic mass is 79.9. The first-order valence-corrected chi connectivity index (χ1v) is 6.49. The summed E-state index contributed by atoms with van der Waals surface area (Å²) >= 11 is 3.10. The number of halogens is 1. The Balaban J connectivity index is 2.14. The molecule has 1 amide bonds. The molecular weight excluding hydrogens is 326 g/mol. The van der Waals surface area contributed by atoms with Crippen molar-refractivity contribution in [2.45, 2.75) is 6.54 Å². The zero-order valence-corrected chi connectivity index (χ0v) is 11.8. The van der Waals surface area contributed by atoms with Crippen LogP contribution in [0.4, 0.5) is 5.69 Å². The van der Waals surface area contributed by atoms with E-state index in [1.807, 2.05) is 0 Å². The number of rotatable bonds is 4. The van der Waals surface area contributed by atoms with Gasteiger partial charge in [-0.2, -0.15) is 0 Å². The molecule has 1 aromatic carbocycles. The summed E-state index contributed by atoms with van der Waals surface area (Å²) in [5.41, 5.74) is 0.990. The van der Waals surface area contributed by atoms with Crippen molar-refractivity contribution in [2.24, 2.45) is 0 Å². The number of pyridine rings is 1. The number of carbonyl (C=O) groups excluding carboxylic acids is 1. The summed E-state index contributed by atoms with van der Waals surface area (Å²) in [7, 11) is 0. The number of nitrogens with zero attached hydrogens (tertiary/aromatic N) is 2. The molecule has 0 radical (unpaired) electrons. The second-order valence-electron chi connectivity index (χ2n) is 3.93. The molecule has 0 aliphatic heterocycles. The number of nitro groups is 1. The molecule has 102 valence electrons. The van der Waals surface area contributed by atoms with E-state index >= 15 is 0 Å². The van der Waals surface area contributed by atoms with Crippen molar-refractivity contribution in [1.82, 2.24) is 10.3 Å². The number of hydrogen-bond acceptors (Lipinski definition) is 4. The molecule has 1 heterocycles.